The molecule has 0 saturated carbocycles. The van der Waals surface area contributed by atoms with Gasteiger partial charge >= 0.3 is 17.9 Å². The van der Waals surface area contributed by atoms with E-state index in [0.717, 1.165) is 48.6 Å². The summed E-state index contributed by atoms with van der Waals surface area (Å²) >= 11 is 6.46. The van der Waals surface area contributed by atoms with Gasteiger partial charge in [0.2, 0.25) is 0 Å². The lowest BCUT2D eigenvalue weighted by Gasteiger charge is -2.28. The average molecular weight is 634 g/mol. The molecule has 4 rings (SSSR count). The predicted octanol–water partition coefficient (Wildman–Crippen LogP) is 5.84. The zero-order chi connectivity index (χ0) is 32.6. The third-order valence-corrected chi connectivity index (χ3v) is 6.76. The number of amides is 1. The van der Waals surface area contributed by atoms with Crippen LogP contribution < -0.4 is 15.1 Å². The zero-order valence-electron chi connectivity index (χ0n) is 24.9. The van der Waals surface area contributed by atoms with Crippen LogP contribution in [0.3, 0.4) is 0 Å². The Kier molecular flexibility index (Phi) is 13.8. The number of carbonyl (C=O) groups is 4. The number of unbranched alkanes of at least 4 members (excludes halogenated alkanes) is 1. The van der Waals surface area contributed by atoms with Crippen molar-refractivity contribution < 1.29 is 34.1 Å². The van der Waals surface area contributed by atoms with Crippen molar-refractivity contribution in [1.29, 1.82) is 0 Å². The molecule has 0 atom stereocenters. The SMILES string of the molecule is CCOC(=O)/C=C/CNCCCCN1c2ccccc2C(=O)N(Cc2ccccc2)c2ccc(Cl)cc21.O=C(O)/C=C\C(=O)O. The summed E-state index contributed by atoms with van der Waals surface area (Å²) in [6, 6.07) is 23.5. The van der Waals surface area contributed by atoms with E-state index < -0.39 is 11.9 Å². The number of carboxylic acid groups (broad SMARTS) is 2. The summed E-state index contributed by atoms with van der Waals surface area (Å²) in [5.41, 5.74) is 4.39. The van der Waals surface area contributed by atoms with Crippen LogP contribution in [0.1, 0.15) is 35.7 Å². The Hall–Kier alpha value is -4.93. The smallest absolute Gasteiger partial charge is 0.330 e. The Bertz CT molecular complexity index is 1510. The van der Waals surface area contributed by atoms with Crippen molar-refractivity contribution in [2.45, 2.75) is 26.3 Å². The molecule has 0 saturated heterocycles. The summed E-state index contributed by atoms with van der Waals surface area (Å²) in [5, 5.41) is 19.6. The van der Waals surface area contributed by atoms with Crippen LogP contribution in [-0.2, 0) is 25.7 Å². The molecule has 0 spiro atoms. The maximum absolute atomic E-state index is 13.8. The molecule has 236 valence electrons. The van der Waals surface area contributed by atoms with Gasteiger partial charge in [-0.25, -0.2) is 14.4 Å². The van der Waals surface area contributed by atoms with E-state index >= 15 is 0 Å². The molecule has 3 aromatic carbocycles. The Balaban J connectivity index is 0.000000610. The summed E-state index contributed by atoms with van der Waals surface area (Å²) in [6.07, 6.45) is 6.17. The van der Waals surface area contributed by atoms with Gasteiger partial charge in [-0.2, -0.15) is 0 Å². The number of aliphatic carboxylic acids is 2. The van der Waals surface area contributed by atoms with Crippen LogP contribution in [0.2, 0.25) is 5.02 Å². The summed E-state index contributed by atoms with van der Waals surface area (Å²) in [4.78, 5) is 48.4. The number of rotatable bonds is 13. The first-order valence-corrected chi connectivity index (χ1v) is 14.8. The lowest BCUT2D eigenvalue weighted by atomic mass is 10.1. The van der Waals surface area contributed by atoms with Crippen molar-refractivity contribution in [2.24, 2.45) is 0 Å². The molecule has 1 aliphatic rings. The molecular weight excluding hydrogens is 598 g/mol. The monoisotopic (exact) mass is 633 g/mol. The first kappa shape index (κ1) is 34.6. The Morgan fingerprint density at radius 1 is 0.844 bits per heavy atom. The normalized spacial score (nSPS) is 12.3. The van der Waals surface area contributed by atoms with Gasteiger partial charge in [0.05, 0.1) is 35.8 Å². The highest BCUT2D eigenvalue weighted by atomic mass is 35.5. The number of halogens is 1. The Morgan fingerprint density at radius 2 is 1.53 bits per heavy atom. The standard InChI is InChI=1S/C30H32ClN3O3.C4H4O4/c1-2-37-29(35)15-10-19-32-18-8-9-20-33-26-14-7-6-13-25(26)30(36)34(22-23-11-4-3-5-12-23)27-17-16-24(31)21-28(27)33;5-3(6)1-2-4(7)8/h3-7,10-17,21,32H,2,8-9,18-20,22H2,1H3;1-2H,(H,5,6)(H,7,8)/b15-10+;2-1-. The minimum Gasteiger partial charge on any atom is -0.478 e. The fourth-order valence-electron chi connectivity index (χ4n) is 4.57. The van der Waals surface area contributed by atoms with E-state index in [4.69, 9.17) is 26.6 Å². The highest BCUT2D eigenvalue weighted by Crippen LogP contribution is 2.42. The fraction of sp³-hybridized carbons (Fsp3) is 0.235. The summed E-state index contributed by atoms with van der Waals surface area (Å²) in [5.74, 6) is -2.86. The minimum atomic E-state index is -1.26. The molecule has 3 aromatic rings. The topological polar surface area (TPSA) is 136 Å². The van der Waals surface area contributed by atoms with Gasteiger partial charge in [0.1, 0.15) is 0 Å². The van der Waals surface area contributed by atoms with E-state index in [9.17, 15) is 19.2 Å². The van der Waals surface area contributed by atoms with Gasteiger partial charge < -0.3 is 30.1 Å². The van der Waals surface area contributed by atoms with Crippen LogP contribution in [0.15, 0.2) is 97.1 Å². The lowest BCUT2D eigenvalue weighted by molar-refractivity contribution is -0.137. The van der Waals surface area contributed by atoms with Crippen LogP contribution in [0.4, 0.5) is 17.1 Å². The summed E-state index contributed by atoms with van der Waals surface area (Å²) in [6.45, 7) is 4.78. The molecule has 0 fully saturated rings. The second-order valence-electron chi connectivity index (χ2n) is 9.75. The number of para-hydroxylation sites is 1. The Morgan fingerprint density at radius 3 is 2.22 bits per heavy atom. The van der Waals surface area contributed by atoms with Crippen LogP contribution in [0, 0.1) is 0 Å². The van der Waals surface area contributed by atoms with Crippen molar-refractivity contribution in [2.75, 3.05) is 36.0 Å². The number of carbonyl (C=O) groups excluding carboxylic acids is 2. The number of fused-ring (bicyclic) bond motifs is 2. The van der Waals surface area contributed by atoms with Gasteiger partial charge in [-0.1, -0.05) is 60.1 Å². The van der Waals surface area contributed by atoms with E-state index in [0.29, 0.717) is 42.4 Å². The van der Waals surface area contributed by atoms with Gasteiger partial charge in [-0.15, -0.1) is 0 Å². The first-order chi connectivity index (χ1) is 21.7. The molecule has 0 bridgehead atoms. The molecule has 0 aliphatic carbocycles. The number of hydrogen-bond acceptors (Lipinski definition) is 7. The number of anilines is 3. The molecule has 1 aliphatic heterocycles. The van der Waals surface area contributed by atoms with Crippen molar-refractivity contribution in [3.05, 3.63) is 113 Å². The zero-order valence-corrected chi connectivity index (χ0v) is 25.7. The maximum Gasteiger partial charge on any atom is 0.330 e. The molecule has 0 unspecified atom stereocenters. The third-order valence-electron chi connectivity index (χ3n) is 6.53. The number of hydrogen-bond donors (Lipinski definition) is 3. The van der Waals surface area contributed by atoms with E-state index in [1.807, 2.05) is 77.7 Å². The number of nitrogens with one attached hydrogen (secondary N) is 1. The highest BCUT2D eigenvalue weighted by Gasteiger charge is 2.30. The van der Waals surface area contributed by atoms with Crippen molar-refractivity contribution in [1.82, 2.24) is 5.32 Å². The van der Waals surface area contributed by atoms with Gasteiger partial charge in [0.25, 0.3) is 5.91 Å². The molecule has 11 heteroatoms. The van der Waals surface area contributed by atoms with E-state index in [1.165, 1.54) is 6.08 Å². The van der Waals surface area contributed by atoms with Crippen molar-refractivity contribution in [3.8, 4) is 0 Å². The quantitative estimate of drug-likeness (QED) is 0.120. The van der Waals surface area contributed by atoms with Crippen LogP contribution >= 0.6 is 11.6 Å². The fourth-order valence-corrected chi connectivity index (χ4v) is 4.74. The second kappa shape index (κ2) is 18.0. The lowest BCUT2D eigenvalue weighted by Crippen LogP contribution is -2.29. The second-order valence-corrected chi connectivity index (χ2v) is 10.2. The minimum absolute atomic E-state index is 0.0272. The molecule has 3 N–H and O–H groups in total. The van der Waals surface area contributed by atoms with Gasteiger partial charge in [-0.3, -0.25) is 4.79 Å². The maximum atomic E-state index is 13.8. The van der Waals surface area contributed by atoms with Crippen molar-refractivity contribution >= 4 is 52.5 Å². The van der Waals surface area contributed by atoms with Crippen LogP contribution in [0.25, 0.3) is 0 Å². The summed E-state index contributed by atoms with van der Waals surface area (Å²) < 4.78 is 4.88. The molecule has 1 amide bonds. The van der Waals surface area contributed by atoms with Crippen LogP contribution in [-0.4, -0.2) is 60.3 Å². The number of benzene rings is 3. The summed E-state index contributed by atoms with van der Waals surface area (Å²) in [7, 11) is 0. The first-order valence-electron chi connectivity index (χ1n) is 14.4. The Labute approximate surface area is 267 Å². The molecule has 0 radical (unpaired) electrons. The number of esters is 1. The predicted molar refractivity (Wildman–Crippen MR) is 174 cm³/mol. The highest BCUT2D eigenvalue weighted by molar-refractivity contribution is 6.31. The van der Waals surface area contributed by atoms with E-state index in [-0.39, 0.29) is 11.9 Å². The largest absolute Gasteiger partial charge is 0.478 e. The molecule has 0 aromatic heterocycles. The molecule has 10 nitrogen and oxygen atoms in total. The third kappa shape index (κ3) is 10.9. The number of nitrogens with zero attached hydrogens (tertiary/aromatic N) is 2. The molecule has 45 heavy (non-hydrogen) atoms. The molecule has 1 heterocycles. The molecular formula is C34H36ClN3O7. The van der Waals surface area contributed by atoms with E-state index in [1.54, 1.807) is 13.0 Å². The van der Waals surface area contributed by atoms with Gasteiger partial charge in [-0.05, 0) is 62.2 Å². The number of carboxylic acids is 2. The van der Waals surface area contributed by atoms with Gasteiger partial charge in [0.15, 0.2) is 0 Å². The van der Waals surface area contributed by atoms with E-state index in [2.05, 4.69) is 10.2 Å². The van der Waals surface area contributed by atoms with Crippen LogP contribution in [0.5, 0.6) is 0 Å². The average Bonchev–Trinajstić information content (AvgIpc) is 3.11. The van der Waals surface area contributed by atoms with Crippen molar-refractivity contribution in [3.63, 3.8) is 0 Å². The number of ether oxygens (including phenoxy) is 1. The van der Waals surface area contributed by atoms with Gasteiger partial charge in [0, 0.05) is 36.3 Å².